The second-order valence-corrected chi connectivity index (χ2v) is 13.9. The third kappa shape index (κ3) is 6.36. The van der Waals surface area contributed by atoms with E-state index in [4.69, 9.17) is 0 Å². The minimum absolute atomic E-state index is 0.153. The number of benzene rings is 1. The Hall–Kier alpha value is -3.40. The Balaban J connectivity index is 1.44. The van der Waals surface area contributed by atoms with Crippen molar-refractivity contribution in [2.75, 3.05) is 29.9 Å². The number of rotatable bonds is 9. The molecule has 5 rings (SSSR count). The van der Waals surface area contributed by atoms with Crippen LogP contribution in [-0.4, -0.2) is 70.9 Å². The van der Waals surface area contributed by atoms with Crippen LogP contribution in [0, 0.1) is 17.0 Å². The maximum absolute atomic E-state index is 15.1. The summed E-state index contributed by atoms with van der Waals surface area (Å²) in [6.45, 7) is 3.46. The van der Waals surface area contributed by atoms with Gasteiger partial charge in [0.15, 0.2) is 17.3 Å². The lowest BCUT2D eigenvalue weighted by Crippen LogP contribution is -2.36. The Morgan fingerprint density at radius 2 is 1.68 bits per heavy atom. The molecule has 0 amide bonds. The fourth-order valence-corrected chi connectivity index (χ4v) is 7.44. The van der Waals surface area contributed by atoms with Crippen molar-refractivity contribution in [2.45, 2.75) is 76.7 Å². The first kappa shape index (κ1) is 32.0. The van der Waals surface area contributed by atoms with Crippen LogP contribution in [0.3, 0.4) is 0 Å². The van der Waals surface area contributed by atoms with Crippen molar-refractivity contribution >= 4 is 32.8 Å². The number of nitrogens with one attached hydrogen (secondary N) is 2. The monoisotopic (exact) mass is 643 g/mol. The fourth-order valence-electron chi connectivity index (χ4n) is 5.68. The average Bonchev–Trinajstić information content (AvgIpc) is 3.70. The van der Waals surface area contributed by atoms with Gasteiger partial charge in [0.1, 0.15) is 16.9 Å². The molecule has 44 heavy (non-hydrogen) atoms. The zero-order valence-electron chi connectivity index (χ0n) is 24.7. The Morgan fingerprint density at radius 3 is 2.20 bits per heavy atom. The predicted octanol–water partition coefficient (Wildman–Crippen LogP) is 5.08. The molecule has 2 aliphatic rings. The van der Waals surface area contributed by atoms with E-state index in [-0.39, 0.29) is 28.5 Å². The topological polar surface area (TPSA) is 122 Å². The molecule has 2 heterocycles. The summed E-state index contributed by atoms with van der Waals surface area (Å²) < 4.78 is 97.8. The van der Waals surface area contributed by atoms with Gasteiger partial charge >= 0.3 is 6.18 Å². The molecule has 16 heteroatoms. The van der Waals surface area contributed by atoms with Gasteiger partial charge in [-0.1, -0.05) is 0 Å². The van der Waals surface area contributed by atoms with Gasteiger partial charge in [-0.2, -0.15) is 18.2 Å². The van der Waals surface area contributed by atoms with E-state index < -0.39 is 69.1 Å². The van der Waals surface area contributed by atoms with Crippen LogP contribution in [0.1, 0.15) is 58.4 Å². The number of aromatic nitrogens is 4. The number of fused-ring (bicyclic) bond motifs is 1. The third-order valence-corrected chi connectivity index (χ3v) is 9.85. The number of hydrogen-bond acceptors (Lipinski definition) is 8. The number of halogens is 5. The molecule has 2 fully saturated rings. The lowest BCUT2D eigenvalue weighted by Gasteiger charge is -2.32. The Bertz CT molecular complexity index is 1710. The molecule has 240 valence electrons. The fraction of sp³-hybridized carbons (Fsp3) is 0.571. The number of alkyl halides is 3. The van der Waals surface area contributed by atoms with Gasteiger partial charge < -0.3 is 10.2 Å². The van der Waals surface area contributed by atoms with Crippen LogP contribution in [0.2, 0.25) is 0 Å². The largest absolute Gasteiger partial charge is 0.395 e. The molecule has 0 saturated heterocycles. The van der Waals surface area contributed by atoms with Crippen LogP contribution in [0.4, 0.5) is 33.6 Å². The standard InChI is InChI=1S/C28H34F5N7O3S/c1-15(2)40-24-21(13-34-26(37-24)35-17-5-7-18(8-6-17)39(3)4)36-22(25(40)41)16-11-19(29)23(20(30)12-16)38-44(42,43)14-27(9-10-27)28(31,32)33/h11-13,15,17-18,38H,5-10,14H2,1-4H3,(H,34,35,37). The Morgan fingerprint density at radius 1 is 1.07 bits per heavy atom. The molecule has 0 atom stereocenters. The first-order chi connectivity index (χ1) is 20.5. The summed E-state index contributed by atoms with van der Waals surface area (Å²) in [6.07, 6.45) is -0.278. The van der Waals surface area contributed by atoms with Gasteiger partial charge in [-0.3, -0.25) is 14.1 Å². The van der Waals surface area contributed by atoms with E-state index in [1.54, 1.807) is 18.6 Å². The summed E-state index contributed by atoms with van der Waals surface area (Å²) >= 11 is 0. The number of sulfonamides is 1. The predicted molar refractivity (Wildman–Crippen MR) is 156 cm³/mol. The zero-order valence-corrected chi connectivity index (χ0v) is 25.5. The smallest absolute Gasteiger partial charge is 0.351 e. The highest BCUT2D eigenvalue weighted by Gasteiger charge is 2.65. The van der Waals surface area contributed by atoms with Crippen molar-refractivity contribution in [3.8, 4) is 11.3 Å². The van der Waals surface area contributed by atoms with Crippen LogP contribution in [-0.2, 0) is 10.0 Å². The van der Waals surface area contributed by atoms with Crippen molar-refractivity contribution in [2.24, 2.45) is 5.41 Å². The highest BCUT2D eigenvalue weighted by atomic mass is 32.2. The van der Waals surface area contributed by atoms with E-state index in [0.29, 0.717) is 24.1 Å². The second kappa shape index (κ2) is 11.5. The first-order valence-electron chi connectivity index (χ1n) is 14.3. The maximum atomic E-state index is 15.1. The normalized spacial score (nSPS) is 20.3. The van der Waals surface area contributed by atoms with Crippen LogP contribution >= 0.6 is 0 Å². The highest BCUT2D eigenvalue weighted by molar-refractivity contribution is 7.92. The van der Waals surface area contributed by atoms with Crippen LogP contribution in [0.5, 0.6) is 0 Å². The van der Waals surface area contributed by atoms with Crippen molar-refractivity contribution in [1.29, 1.82) is 0 Å². The van der Waals surface area contributed by atoms with E-state index in [1.807, 2.05) is 0 Å². The summed E-state index contributed by atoms with van der Waals surface area (Å²) in [5, 5.41) is 3.33. The molecule has 0 radical (unpaired) electrons. The summed E-state index contributed by atoms with van der Waals surface area (Å²) in [5.41, 5.74) is -4.50. The summed E-state index contributed by atoms with van der Waals surface area (Å²) in [4.78, 5) is 29.0. The molecule has 2 aromatic heterocycles. The molecule has 10 nitrogen and oxygen atoms in total. The molecule has 2 N–H and O–H groups in total. The Labute approximate surface area is 251 Å². The SMILES string of the molecule is CC(C)n1c(=O)c(-c2cc(F)c(NS(=O)(=O)CC3(C(F)(F)F)CC3)c(F)c2)nc2cnc(NC3CCC(N(C)C)CC3)nc21. The van der Waals surface area contributed by atoms with Gasteiger partial charge in [-0.25, -0.2) is 27.2 Å². The number of anilines is 2. The molecular weight excluding hydrogens is 609 g/mol. The summed E-state index contributed by atoms with van der Waals surface area (Å²) in [6, 6.07) is 1.64. The molecule has 1 aromatic carbocycles. The molecule has 0 unspecified atom stereocenters. The van der Waals surface area contributed by atoms with E-state index in [2.05, 4.69) is 39.3 Å². The van der Waals surface area contributed by atoms with Crippen LogP contribution < -0.4 is 15.6 Å². The molecule has 2 saturated carbocycles. The molecule has 0 spiro atoms. The number of hydrogen-bond donors (Lipinski definition) is 2. The molecule has 2 aliphatic carbocycles. The second-order valence-electron chi connectivity index (χ2n) is 12.2. The first-order valence-corrected chi connectivity index (χ1v) is 15.9. The number of nitrogens with zero attached hydrogens (tertiary/aromatic N) is 5. The minimum Gasteiger partial charge on any atom is -0.351 e. The summed E-state index contributed by atoms with van der Waals surface area (Å²) in [5.74, 6) is -3.87. The van der Waals surface area contributed by atoms with Gasteiger partial charge in [-0.05, 0) is 78.6 Å². The van der Waals surface area contributed by atoms with Crippen LogP contribution in [0.15, 0.2) is 23.1 Å². The highest BCUT2D eigenvalue weighted by Crippen LogP contribution is 2.58. The van der Waals surface area contributed by atoms with Crippen molar-refractivity contribution in [1.82, 2.24) is 24.4 Å². The quantitative estimate of drug-likeness (QED) is 0.310. The average molecular weight is 644 g/mol. The van der Waals surface area contributed by atoms with Crippen molar-refractivity contribution in [3.63, 3.8) is 0 Å². The molecule has 0 aliphatic heterocycles. The van der Waals surface area contributed by atoms with Gasteiger partial charge in [0, 0.05) is 23.7 Å². The summed E-state index contributed by atoms with van der Waals surface area (Å²) in [7, 11) is -0.654. The van der Waals surface area contributed by atoms with Crippen LogP contribution in [0.25, 0.3) is 22.4 Å². The molecule has 3 aromatic rings. The van der Waals surface area contributed by atoms with Crippen molar-refractivity contribution < 1.29 is 30.4 Å². The van der Waals surface area contributed by atoms with E-state index in [1.165, 1.54) is 10.8 Å². The lowest BCUT2D eigenvalue weighted by atomic mass is 9.91. The van der Waals surface area contributed by atoms with E-state index in [9.17, 15) is 26.4 Å². The van der Waals surface area contributed by atoms with Gasteiger partial charge in [0.25, 0.3) is 5.56 Å². The lowest BCUT2D eigenvalue weighted by molar-refractivity contribution is -0.179. The van der Waals surface area contributed by atoms with Crippen molar-refractivity contribution in [3.05, 3.63) is 40.3 Å². The van der Waals surface area contributed by atoms with Gasteiger partial charge in [0.2, 0.25) is 16.0 Å². The Kier molecular flexibility index (Phi) is 8.37. The van der Waals surface area contributed by atoms with Gasteiger partial charge in [0.05, 0.1) is 17.4 Å². The maximum Gasteiger partial charge on any atom is 0.395 e. The zero-order chi connectivity index (χ0) is 32.2. The van der Waals surface area contributed by atoms with E-state index in [0.717, 1.165) is 25.7 Å². The minimum atomic E-state index is -4.77. The van der Waals surface area contributed by atoms with E-state index >= 15 is 8.78 Å². The third-order valence-electron chi connectivity index (χ3n) is 8.40. The molecular formula is C28H34F5N7O3S. The van der Waals surface area contributed by atoms with Gasteiger partial charge in [-0.15, -0.1) is 0 Å². The molecule has 0 bridgehead atoms.